The molecule has 6 heteroatoms. The Hall–Kier alpha value is -4.06. The van der Waals surface area contributed by atoms with E-state index in [4.69, 9.17) is 0 Å². The van der Waals surface area contributed by atoms with Gasteiger partial charge in [0.05, 0.1) is 17.6 Å². The van der Waals surface area contributed by atoms with Crippen LogP contribution in [-0.2, 0) is 0 Å². The van der Waals surface area contributed by atoms with Crippen LogP contribution in [0, 0.1) is 5.82 Å². The first-order valence-electron chi connectivity index (χ1n) is 8.96. The van der Waals surface area contributed by atoms with Crippen molar-refractivity contribution in [2.24, 2.45) is 5.10 Å². The zero-order valence-electron chi connectivity index (χ0n) is 15.3. The van der Waals surface area contributed by atoms with E-state index in [0.717, 1.165) is 22.4 Å². The predicted molar refractivity (Wildman–Crippen MR) is 112 cm³/mol. The zero-order valence-corrected chi connectivity index (χ0v) is 15.3. The standard InChI is InChI=1S/C23H17FN4O/c24-19-10-8-18(9-11-19)22-14-21(17-4-2-1-3-5-17)26-23(27-22)28-25-15-16-6-12-20(29)13-7-16/h1-15,29H,(H,26,27,28)/b25-15-. The van der Waals surface area contributed by atoms with Gasteiger partial charge in [0, 0.05) is 11.1 Å². The summed E-state index contributed by atoms with van der Waals surface area (Å²) >= 11 is 0. The number of rotatable bonds is 5. The van der Waals surface area contributed by atoms with Crippen LogP contribution in [0.3, 0.4) is 0 Å². The number of anilines is 1. The third kappa shape index (κ3) is 4.62. The largest absolute Gasteiger partial charge is 0.508 e. The molecule has 0 fully saturated rings. The molecule has 2 N–H and O–H groups in total. The van der Waals surface area contributed by atoms with E-state index in [9.17, 15) is 9.50 Å². The summed E-state index contributed by atoms with van der Waals surface area (Å²) < 4.78 is 13.3. The summed E-state index contributed by atoms with van der Waals surface area (Å²) in [4.78, 5) is 9.05. The Kier molecular flexibility index (Phi) is 5.25. The number of nitrogens with one attached hydrogen (secondary N) is 1. The molecule has 1 aromatic heterocycles. The van der Waals surface area contributed by atoms with Gasteiger partial charge in [-0.2, -0.15) is 5.10 Å². The second-order valence-corrected chi connectivity index (χ2v) is 6.30. The van der Waals surface area contributed by atoms with Crippen LogP contribution in [0.4, 0.5) is 10.3 Å². The minimum Gasteiger partial charge on any atom is -0.508 e. The number of hydrogen-bond acceptors (Lipinski definition) is 5. The molecular formula is C23H17FN4O. The number of halogens is 1. The summed E-state index contributed by atoms with van der Waals surface area (Å²) in [5.74, 6) is 0.210. The average Bonchev–Trinajstić information content (AvgIpc) is 2.76. The predicted octanol–water partition coefficient (Wildman–Crippen LogP) is 5.10. The lowest BCUT2D eigenvalue weighted by Gasteiger charge is -2.08. The molecule has 142 valence electrons. The highest BCUT2D eigenvalue weighted by molar-refractivity contribution is 5.80. The summed E-state index contributed by atoms with van der Waals surface area (Å²) in [6.45, 7) is 0. The smallest absolute Gasteiger partial charge is 0.244 e. The molecule has 1 heterocycles. The highest BCUT2D eigenvalue weighted by Gasteiger charge is 2.08. The molecule has 0 saturated carbocycles. The summed E-state index contributed by atoms with van der Waals surface area (Å²) in [5, 5.41) is 13.5. The number of phenols is 1. The van der Waals surface area contributed by atoms with Crippen LogP contribution in [0.1, 0.15) is 5.56 Å². The van der Waals surface area contributed by atoms with E-state index in [1.165, 1.54) is 12.1 Å². The van der Waals surface area contributed by atoms with E-state index in [2.05, 4.69) is 20.5 Å². The third-order valence-corrected chi connectivity index (χ3v) is 4.21. The van der Waals surface area contributed by atoms with Crippen LogP contribution < -0.4 is 5.43 Å². The lowest BCUT2D eigenvalue weighted by Crippen LogP contribution is -2.00. The normalized spacial score (nSPS) is 10.9. The number of phenolic OH excluding ortho intramolecular Hbond substituents is 1. The molecule has 0 spiro atoms. The molecule has 29 heavy (non-hydrogen) atoms. The molecule has 0 radical (unpaired) electrons. The molecule has 0 unspecified atom stereocenters. The van der Waals surface area contributed by atoms with Gasteiger partial charge in [-0.1, -0.05) is 30.3 Å². The first-order valence-corrected chi connectivity index (χ1v) is 8.96. The maximum Gasteiger partial charge on any atom is 0.244 e. The molecule has 0 aliphatic rings. The Morgan fingerprint density at radius 2 is 1.41 bits per heavy atom. The van der Waals surface area contributed by atoms with Gasteiger partial charge in [-0.25, -0.2) is 19.8 Å². The van der Waals surface area contributed by atoms with Crippen LogP contribution in [0.25, 0.3) is 22.5 Å². The van der Waals surface area contributed by atoms with E-state index in [1.54, 1.807) is 42.6 Å². The van der Waals surface area contributed by atoms with Gasteiger partial charge in [0.15, 0.2) is 0 Å². The Morgan fingerprint density at radius 3 is 2.07 bits per heavy atom. The number of hydrazone groups is 1. The summed E-state index contributed by atoms with van der Waals surface area (Å²) in [6, 6.07) is 24.4. The minimum absolute atomic E-state index is 0.193. The van der Waals surface area contributed by atoms with E-state index in [1.807, 2.05) is 36.4 Å². The molecule has 0 aliphatic heterocycles. The highest BCUT2D eigenvalue weighted by atomic mass is 19.1. The fraction of sp³-hybridized carbons (Fsp3) is 0. The number of aromatic hydroxyl groups is 1. The van der Waals surface area contributed by atoms with E-state index in [0.29, 0.717) is 11.6 Å². The first kappa shape index (κ1) is 18.3. The lowest BCUT2D eigenvalue weighted by molar-refractivity contribution is 0.475. The SMILES string of the molecule is Oc1ccc(/C=N\Nc2nc(-c3ccccc3)cc(-c3ccc(F)cc3)n2)cc1. The van der Waals surface area contributed by atoms with Gasteiger partial charge in [0.25, 0.3) is 0 Å². The van der Waals surface area contributed by atoms with Crippen LogP contribution in [0.5, 0.6) is 5.75 Å². The second kappa shape index (κ2) is 8.31. The molecule has 0 saturated heterocycles. The van der Waals surface area contributed by atoms with Crippen LogP contribution in [0.2, 0.25) is 0 Å². The van der Waals surface area contributed by atoms with Gasteiger partial charge in [-0.3, -0.25) is 0 Å². The van der Waals surface area contributed by atoms with Gasteiger partial charge in [0.1, 0.15) is 11.6 Å². The molecule has 0 bridgehead atoms. The fourth-order valence-electron chi connectivity index (χ4n) is 2.75. The molecular weight excluding hydrogens is 367 g/mol. The van der Waals surface area contributed by atoms with Crippen molar-refractivity contribution < 1.29 is 9.50 Å². The van der Waals surface area contributed by atoms with Gasteiger partial charge >= 0.3 is 0 Å². The zero-order chi connectivity index (χ0) is 20.1. The minimum atomic E-state index is -0.303. The Bertz CT molecular complexity index is 1130. The van der Waals surface area contributed by atoms with E-state index < -0.39 is 0 Å². The number of benzene rings is 3. The van der Waals surface area contributed by atoms with Gasteiger partial charge < -0.3 is 5.11 Å². The van der Waals surface area contributed by atoms with Gasteiger partial charge in [-0.05, 0) is 60.2 Å². The number of aromatic nitrogens is 2. The van der Waals surface area contributed by atoms with Crippen LogP contribution >= 0.6 is 0 Å². The Balaban J connectivity index is 1.67. The van der Waals surface area contributed by atoms with Gasteiger partial charge in [-0.15, -0.1) is 0 Å². The highest BCUT2D eigenvalue weighted by Crippen LogP contribution is 2.25. The van der Waals surface area contributed by atoms with Crippen molar-refractivity contribution in [1.82, 2.24) is 9.97 Å². The van der Waals surface area contributed by atoms with Crippen LogP contribution in [0.15, 0.2) is 90.0 Å². The Labute approximate surface area is 167 Å². The van der Waals surface area contributed by atoms with Crippen molar-refractivity contribution in [2.45, 2.75) is 0 Å². The Morgan fingerprint density at radius 1 is 0.793 bits per heavy atom. The second-order valence-electron chi connectivity index (χ2n) is 6.30. The quantitative estimate of drug-likeness (QED) is 0.371. The van der Waals surface area contributed by atoms with Crippen molar-refractivity contribution in [2.75, 3.05) is 5.43 Å². The van der Waals surface area contributed by atoms with E-state index >= 15 is 0 Å². The van der Waals surface area contributed by atoms with Crippen molar-refractivity contribution in [3.05, 3.63) is 96.3 Å². The maximum atomic E-state index is 13.3. The van der Waals surface area contributed by atoms with Crippen molar-refractivity contribution >= 4 is 12.2 Å². The summed E-state index contributed by atoms with van der Waals surface area (Å²) in [6.07, 6.45) is 1.61. The van der Waals surface area contributed by atoms with Crippen molar-refractivity contribution in [1.29, 1.82) is 0 Å². The lowest BCUT2D eigenvalue weighted by atomic mass is 10.1. The molecule has 0 amide bonds. The van der Waals surface area contributed by atoms with Gasteiger partial charge in [0.2, 0.25) is 5.95 Å². The molecule has 4 aromatic rings. The van der Waals surface area contributed by atoms with Crippen LogP contribution in [-0.4, -0.2) is 21.3 Å². The summed E-state index contributed by atoms with van der Waals surface area (Å²) in [5.41, 5.74) is 6.75. The number of hydrogen-bond donors (Lipinski definition) is 2. The van der Waals surface area contributed by atoms with Crippen molar-refractivity contribution in [3.63, 3.8) is 0 Å². The molecule has 0 atom stereocenters. The average molecular weight is 384 g/mol. The molecule has 4 rings (SSSR count). The number of nitrogens with zero attached hydrogens (tertiary/aromatic N) is 3. The first-order chi connectivity index (χ1) is 14.2. The summed E-state index contributed by atoms with van der Waals surface area (Å²) in [7, 11) is 0. The fourth-order valence-corrected chi connectivity index (χ4v) is 2.75. The van der Waals surface area contributed by atoms with Crippen molar-refractivity contribution in [3.8, 4) is 28.3 Å². The maximum absolute atomic E-state index is 13.3. The third-order valence-electron chi connectivity index (χ3n) is 4.21. The molecule has 3 aromatic carbocycles. The monoisotopic (exact) mass is 384 g/mol. The van der Waals surface area contributed by atoms with E-state index in [-0.39, 0.29) is 11.6 Å². The molecule has 0 aliphatic carbocycles. The topological polar surface area (TPSA) is 70.4 Å². The molecule has 5 nitrogen and oxygen atoms in total.